The number of hydrogen-bond acceptors (Lipinski definition) is 5. The Balaban J connectivity index is 1.30. The van der Waals surface area contributed by atoms with E-state index in [1.807, 2.05) is 13.1 Å². The Bertz CT molecular complexity index is 830. The smallest absolute Gasteiger partial charge is 0.225 e. The van der Waals surface area contributed by atoms with Crippen LogP contribution in [0.15, 0.2) is 47.7 Å². The van der Waals surface area contributed by atoms with Crippen LogP contribution in [0.1, 0.15) is 24.5 Å². The fourth-order valence-corrected chi connectivity index (χ4v) is 4.48. The van der Waals surface area contributed by atoms with E-state index < -0.39 is 0 Å². The lowest BCUT2D eigenvalue weighted by molar-refractivity contribution is 0.173. The lowest BCUT2D eigenvalue weighted by Crippen LogP contribution is -2.55. The second kappa shape index (κ2) is 9.89. The summed E-state index contributed by atoms with van der Waals surface area (Å²) >= 11 is 0. The first-order valence-electron chi connectivity index (χ1n) is 11.1. The van der Waals surface area contributed by atoms with Crippen LogP contribution in [0.3, 0.4) is 0 Å². The summed E-state index contributed by atoms with van der Waals surface area (Å²) in [6.45, 7) is 9.05. The van der Waals surface area contributed by atoms with E-state index in [1.165, 1.54) is 11.1 Å². The van der Waals surface area contributed by atoms with Gasteiger partial charge in [-0.3, -0.25) is 9.89 Å². The molecule has 7 nitrogen and oxygen atoms in total. The highest BCUT2D eigenvalue weighted by Crippen LogP contribution is 2.21. The lowest BCUT2D eigenvalue weighted by atomic mass is 9.98. The maximum Gasteiger partial charge on any atom is 0.225 e. The van der Waals surface area contributed by atoms with Gasteiger partial charge >= 0.3 is 0 Å². The van der Waals surface area contributed by atoms with Gasteiger partial charge in [-0.1, -0.05) is 31.2 Å². The molecule has 1 aromatic carbocycles. The predicted octanol–water partition coefficient (Wildman–Crippen LogP) is 2.01. The fourth-order valence-electron chi connectivity index (χ4n) is 4.48. The number of aliphatic imine (C=N–C) groups is 1. The Morgan fingerprint density at radius 1 is 1.03 bits per heavy atom. The molecule has 0 bridgehead atoms. The first-order chi connectivity index (χ1) is 14.8. The van der Waals surface area contributed by atoms with Gasteiger partial charge in [-0.05, 0) is 30.0 Å². The van der Waals surface area contributed by atoms with E-state index in [0.29, 0.717) is 6.04 Å². The van der Waals surface area contributed by atoms with Crippen molar-refractivity contribution in [3.05, 3.63) is 53.9 Å². The summed E-state index contributed by atoms with van der Waals surface area (Å²) in [6.07, 6.45) is 5.88. The summed E-state index contributed by atoms with van der Waals surface area (Å²) in [5.41, 5.74) is 2.98. The van der Waals surface area contributed by atoms with Gasteiger partial charge in [0.1, 0.15) is 0 Å². The van der Waals surface area contributed by atoms with Crippen molar-refractivity contribution < 1.29 is 0 Å². The normalized spacial score (nSPS) is 18.8. The number of piperazine rings is 1. The van der Waals surface area contributed by atoms with E-state index in [4.69, 9.17) is 0 Å². The van der Waals surface area contributed by atoms with E-state index in [2.05, 4.69) is 66.2 Å². The Morgan fingerprint density at radius 3 is 2.47 bits per heavy atom. The maximum absolute atomic E-state index is 4.56. The van der Waals surface area contributed by atoms with Gasteiger partial charge in [0.15, 0.2) is 5.96 Å². The molecular weight excluding hydrogens is 374 g/mol. The van der Waals surface area contributed by atoms with Gasteiger partial charge in [0.05, 0.1) is 0 Å². The second-order valence-electron chi connectivity index (χ2n) is 8.00. The molecule has 1 saturated heterocycles. The van der Waals surface area contributed by atoms with Crippen molar-refractivity contribution in [3.63, 3.8) is 0 Å². The number of benzene rings is 1. The first-order valence-corrected chi connectivity index (χ1v) is 11.1. The molecule has 1 unspecified atom stereocenters. The Hall–Kier alpha value is -2.67. The molecular formula is C23H33N7. The molecule has 2 aliphatic rings. The second-order valence-corrected chi connectivity index (χ2v) is 8.00. The molecule has 0 radical (unpaired) electrons. The molecule has 1 aromatic heterocycles. The molecule has 0 spiro atoms. The van der Waals surface area contributed by atoms with E-state index >= 15 is 0 Å². The maximum atomic E-state index is 4.56. The monoisotopic (exact) mass is 407 g/mol. The average molecular weight is 408 g/mol. The number of fused-ring (bicyclic) bond motifs is 1. The van der Waals surface area contributed by atoms with Crippen molar-refractivity contribution in [2.45, 2.75) is 32.4 Å². The number of guanidine groups is 1. The van der Waals surface area contributed by atoms with Crippen LogP contribution in [0.2, 0.25) is 0 Å². The van der Waals surface area contributed by atoms with Gasteiger partial charge in [-0.2, -0.15) is 0 Å². The minimum atomic E-state index is 0.508. The summed E-state index contributed by atoms with van der Waals surface area (Å²) in [7, 11) is 1.88. The minimum absolute atomic E-state index is 0.508. The summed E-state index contributed by atoms with van der Waals surface area (Å²) in [4.78, 5) is 20.5. The van der Waals surface area contributed by atoms with Crippen molar-refractivity contribution in [2.75, 3.05) is 51.2 Å². The standard InChI is InChI=1S/C23H33N7/c1-3-21(30-12-9-19-7-4-5-8-20(19)18-30)17-27-22(24-2)28-13-15-29(16-14-28)23-25-10-6-11-26-23/h4-8,10-11,21H,3,9,12-18H2,1-2H3,(H,24,27). The van der Waals surface area contributed by atoms with Crippen LogP contribution >= 0.6 is 0 Å². The molecule has 2 aliphatic heterocycles. The van der Waals surface area contributed by atoms with Gasteiger partial charge < -0.3 is 15.1 Å². The minimum Gasteiger partial charge on any atom is -0.355 e. The predicted molar refractivity (Wildman–Crippen MR) is 122 cm³/mol. The largest absolute Gasteiger partial charge is 0.355 e. The number of nitrogens with zero attached hydrogens (tertiary/aromatic N) is 6. The van der Waals surface area contributed by atoms with Crippen molar-refractivity contribution in [3.8, 4) is 0 Å². The molecule has 1 fully saturated rings. The van der Waals surface area contributed by atoms with Crippen molar-refractivity contribution in [1.29, 1.82) is 0 Å². The van der Waals surface area contributed by atoms with Crippen LogP contribution in [0.5, 0.6) is 0 Å². The van der Waals surface area contributed by atoms with Crippen LogP contribution in [-0.4, -0.2) is 78.1 Å². The number of aromatic nitrogens is 2. The van der Waals surface area contributed by atoms with Crippen LogP contribution < -0.4 is 10.2 Å². The number of nitrogens with one attached hydrogen (secondary N) is 1. The van der Waals surface area contributed by atoms with Crippen molar-refractivity contribution >= 4 is 11.9 Å². The Kier molecular flexibility index (Phi) is 6.79. The molecule has 160 valence electrons. The molecule has 3 heterocycles. The zero-order chi connectivity index (χ0) is 20.8. The molecule has 0 amide bonds. The lowest BCUT2D eigenvalue weighted by Gasteiger charge is -2.38. The van der Waals surface area contributed by atoms with E-state index in [0.717, 1.165) is 70.6 Å². The molecule has 4 rings (SSSR count). The van der Waals surface area contributed by atoms with Gasteiger partial charge in [0, 0.05) is 71.3 Å². The van der Waals surface area contributed by atoms with Gasteiger partial charge in [-0.25, -0.2) is 9.97 Å². The summed E-state index contributed by atoms with van der Waals surface area (Å²) in [6, 6.07) is 11.2. The number of anilines is 1. The van der Waals surface area contributed by atoms with Crippen LogP contribution in [0, 0.1) is 0 Å². The SMILES string of the molecule is CCC(CNC(=NC)N1CCN(c2ncccn2)CC1)N1CCc2ccccc2C1. The van der Waals surface area contributed by atoms with Crippen LogP contribution in [-0.2, 0) is 13.0 Å². The van der Waals surface area contributed by atoms with E-state index in [1.54, 1.807) is 12.4 Å². The number of hydrogen-bond donors (Lipinski definition) is 1. The van der Waals surface area contributed by atoms with Crippen molar-refractivity contribution in [2.24, 2.45) is 4.99 Å². The molecule has 1 N–H and O–H groups in total. The van der Waals surface area contributed by atoms with Crippen LogP contribution in [0.25, 0.3) is 0 Å². The fraction of sp³-hybridized carbons (Fsp3) is 0.522. The summed E-state index contributed by atoms with van der Waals surface area (Å²) < 4.78 is 0. The molecule has 7 heteroatoms. The Labute approximate surface area is 179 Å². The highest BCUT2D eigenvalue weighted by molar-refractivity contribution is 5.80. The first kappa shape index (κ1) is 20.6. The molecule has 1 atom stereocenters. The van der Waals surface area contributed by atoms with Gasteiger partial charge in [0.25, 0.3) is 0 Å². The highest BCUT2D eigenvalue weighted by atomic mass is 15.4. The number of rotatable bonds is 5. The van der Waals surface area contributed by atoms with E-state index in [9.17, 15) is 0 Å². The highest BCUT2D eigenvalue weighted by Gasteiger charge is 2.24. The van der Waals surface area contributed by atoms with Gasteiger partial charge in [-0.15, -0.1) is 0 Å². The summed E-state index contributed by atoms with van der Waals surface area (Å²) in [5, 5.41) is 3.65. The topological polar surface area (TPSA) is 59.9 Å². The van der Waals surface area contributed by atoms with Crippen LogP contribution in [0.4, 0.5) is 5.95 Å². The quantitative estimate of drug-likeness (QED) is 0.604. The zero-order valence-electron chi connectivity index (χ0n) is 18.2. The van der Waals surface area contributed by atoms with Gasteiger partial charge in [0.2, 0.25) is 5.95 Å². The third-order valence-corrected chi connectivity index (χ3v) is 6.27. The Morgan fingerprint density at radius 2 is 1.77 bits per heavy atom. The molecule has 30 heavy (non-hydrogen) atoms. The third kappa shape index (κ3) is 4.73. The van der Waals surface area contributed by atoms with E-state index in [-0.39, 0.29) is 0 Å². The zero-order valence-corrected chi connectivity index (χ0v) is 18.2. The summed E-state index contributed by atoms with van der Waals surface area (Å²) in [5.74, 6) is 1.82. The van der Waals surface area contributed by atoms with Crippen molar-refractivity contribution in [1.82, 2.24) is 25.1 Å². The average Bonchev–Trinajstić information content (AvgIpc) is 2.82. The molecule has 0 aliphatic carbocycles. The molecule has 0 saturated carbocycles. The molecule has 2 aromatic rings. The third-order valence-electron chi connectivity index (χ3n) is 6.27.